The van der Waals surface area contributed by atoms with Gasteiger partial charge < -0.3 is 35.4 Å². The summed E-state index contributed by atoms with van der Waals surface area (Å²) in [5.41, 5.74) is 4.17. The lowest BCUT2D eigenvalue weighted by Crippen LogP contribution is -2.52. The second-order valence-corrected chi connectivity index (χ2v) is 11.8. The molecule has 13 heteroatoms. The van der Waals surface area contributed by atoms with Crippen molar-refractivity contribution >= 4 is 30.7 Å². The number of hydrogen-bond acceptors (Lipinski definition) is 7. The van der Waals surface area contributed by atoms with Crippen LogP contribution in [0.3, 0.4) is 0 Å². The van der Waals surface area contributed by atoms with Gasteiger partial charge in [0.1, 0.15) is 6.04 Å². The van der Waals surface area contributed by atoms with Crippen LogP contribution in [0.1, 0.15) is 121 Å². The minimum absolute atomic E-state index is 0.0544. The van der Waals surface area contributed by atoms with Gasteiger partial charge in [0, 0.05) is 41.4 Å². The molecule has 5 atom stereocenters. The molecule has 1 aliphatic heterocycles. The maximum absolute atomic E-state index is 12.2. The molecule has 0 aromatic rings. The highest BCUT2D eigenvalue weighted by atomic mass is 16.5. The Hall–Kier alpha value is -3.19. The molecule has 0 bridgehead atoms. The quantitative estimate of drug-likeness (QED) is 0.127. The molecule has 1 heterocycles. The number of unbranched alkanes of at least 4 members (excludes halogenated alkanes) is 1. The summed E-state index contributed by atoms with van der Waals surface area (Å²) in [7, 11) is 6.31. The second-order valence-electron chi connectivity index (χ2n) is 11.8. The molecule has 306 valence electrons. The summed E-state index contributed by atoms with van der Waals surface area (Å²) in [5.74, 6) is -0.424. The average molecular weight is 736 g/mol. The Morgan fingerprint density at radius 2 is 1.43 bits per heavy atom. The molecule has 1 fully saturated rings. The highest BCUT2D eigenvalue weighted by molar-refractivity contribution is 5.89. The van der Waals surface area contributed by atoms with Crippen molar-refractivity contribution in [3.63, 3.8) is 0 Å². The monoisotopic (exact) mass is 736 g/mol. The fourth-order valence-corrected chi connectivity index (χ4v) is 4.52. The van der Waals surface area contributed by atoms with Crippen LogP contribution < -0.4 is 11.1 Å². The Kier molecular flexibility index (Phi) is 50.5. The van der Waals surface area contributed by atoms with Gasteiger partial charge in [-0.1, -0.05) is 102 Å². The standard InChI is InChI=1S/C15H29N3O5.C11H21NO2.C4H10.C3H8.C2H6.C2H4.CH3NO/c1-7-11(23-6)9-17(4)12(19)8-16-14(20)13(10(2)3)18(5)15(21)22;1-4-9(2)11(14-3)10-6-5-7-12(10)8-13;1-3-4-2;1-3-2;2*1-2;2-1-3/h10-11,13H,7-9H2,1-6H3,(H,16,20)(H,21,22);8-11H,4-7H2,1-3H3;3-4H2,1-2H3;3H2,1-2H3;1-2H3;1-2H2;1H,(H2,2,3). The van der Waals surface area contributed by atoms with E-state index in [-0.39, 0.29) is 37.0 Å². The van der Waals surface area contributed by atoms with E-state index in [0.717, 1.165) is 43.5 Å². The van der Waals surface area contributed by atoms with Gasteiger partial charge in [0.15, 0.2) is 0 Å². The number of carbonyl (C=O) groups excluding carboxylic acids is 4. The van der Waals surface area contributed by atoms with E-state index in [1.165, 1.54) is 31.2 Å². The Balaban J connectivity index is -0.000000152. The molecule has 1 saturated heterocycles. The second kappa shape index (κ2) is 43.0. The van der Waals surface area contributed by atoms with E-state index >= 15 is 0 Å². The van der Waals surface area contributed by atoms with E-state index in [1.807, 2.05) is 25.7 Å². The molecule has 1 rings (SSSR count). The van der Waals surface area contributed by atoms with Crippen molar-refractivity contribution in [1.29, 1.82) is 0 Å². The van der Waals surface area contributed by atoms with Gasteiger partial charge in [-0.15, -0.1) is 13.2 Å². The number of likely N-dealkylation sites (tertiary alicyclic amines) is 1. The van der Waals surface area contributed by atoms with Gasteiger partial charge in [0.2, 0.25) is 24.6 Å². The lowest BCUT2D eigenvalue weighted by atomic mass is 9.94. The third-order valence-electron chi connectivity index (χ3n) is 7.56. The summed E-state index contributed by atoms with van der Waals surface area (Å²) in [6.07, 6.45) is 8.14. The number of methoxy groups -OCH3 is 2. The number of primary amides is 1. The van der Waals surface area contributed by atoms with Crippen molar-refractivity contribution in [1.82, 2.24) is 20.0 Å². The van der Waals surface area contributed by atoms with Gasteiger partial charge in [-0.3, -0.25) is 24.1 Å². The Labute approximate surface area is 313 Å². The smallest absolute Gasteiger partial charge is 0.407 e. The SMILES string of the molecule is C=C.CC.CCC.CCC(C)C(OC)C1CCCN1C=O.CCC(CN(C)C(=O)CNC(=O)C(C(C)C)N(C)C(=O)O)OC.CCCC.NC=O. The summed E-state index contributed by atoms with van der Waals surface area (Å²) >= 11 is 0. The van der Waals surface area contributed by atoms with Crippen LogP contribution in [-0.4, -0.2) is 123 Å². The van der Waals surface area contributed by atoms with Gasteiger partial charge in [-0.25, -0.2) is 4.79 Å². The molecule has 0 radical (unpaired) electrons. The predicted octanol–water partition coefficient (Wildman–Crippen LogP) is 6.44. The van der Waals surface area contributed by atoms with Crippen molar-refractivity contribution < 1.29 is 38.6 Å². The van der Waals surface area contributed by atoms with E-state index in [4.69, 9.17) is 19.4 Å². The van der Waals surface area contributed by atoms with E-state index in [9.17, 15) is 19.2 Å². The van der Waals surface area contributed by atoms with Gasteiger partial charge in [0.05, 0.1) is 24.8 Å². The average Bonchev–Trinajstić information content (AvgIpc) is 3.60. The zero-order valence-corrected chi connectivity index (χ0v) is 35.3. The zero-order chi connectivity index (χ0) is 41.5. The molecule has 0 aromatic carbocycles. The number of nitrogens with two attached hydrogens (primary N) is 1. The number of carboxylic acid groups (broad SMARTS) is 1. The third-order valence-corrected chi connectivity index (χ3v) is 7.56. The summed E-state index contributed by atoms with van der Waals surface area (Å²) < 4.78 is 10.7. The number of rotatable bonds is 15. The topological polar surface area (TPSA) is 172 Å². The molecule has 0 aliphatic carbocycles. The van der Waals surface area contributed by atoms with Crippen molar-refractivity contribution in [3.8, 4) is 0 Å². The first-order valence-corrected chi connectivity index (χ1v) is 18.5. The normalized spacial score (nSPS) is 14.6. The Morgan fingerprint density at radius 1 is 0.961 bits per heavy atom. The molecule has 13 nitrogen and oxygen atoms in total. The molecule has 4 N–H and O–H groups in total. The van der Waals surface area contributed by atoms with Gasteiger partial charge in [-0.2, -0.15) is 0 Å². The molecule has 51 heavy (non-hydrogen) atoms. The maximum atomic E-state index is 12.2. The van der Waals surface area contributed by atoms with Crippen molar-refractivity contribution in [3.05, 3.63) is 13.2 Å². The van der Waals surface area contributed by atoms with E-state index in [2.05, 4.69) is 65.8 Å². The molecule has 0 aromatic heterocycles. The van der Waals surface area contributed by atoms with Gasteiger partial charge in [-0.05, 0) is 31.1 Å². The fourth-order valence-electron chi connectivity index (χ4n) is 4.52. The number of likely N-dealkylation sites (N-methyl/N-ethyl adjacent to an activating group) is 2. The minimum atomic E-state index is -1.19. The number of carbonyl (C=O) groups is 5. The van der Waals surface area contributed by atoms with Crippen LogP contribution >= 0.6 is 0 Å². The maximum Gasteiger partial charge on any atom is 0.407 e. The van der Waals surface area contributed by atoms with Crippen molar-refractivity contribution in [2.24, 2.45) is 17.6 Å². The summed E-state index contributed by atoms with van der Waals surface area (Å²) in [6.45, 7) is 29.6. The summed E-state index contributed by atoms with van der Waals surface area (Å²) in [6, 6.07) is -0.541. The van der Waals surface area contributed by atoms with Crippen LogP contribution in [0, 0.1) is 11.8 Å². The Bertz CT molecular complexity index is 813. The lowest BCUT2D eigenvalue weighted by Gasteiger charge is -2.31. The zero-order valence-electron chi connectivity index (χ0n) is 35.3. The van der Waals surface area contributed by atoms with Crippen LogP contribution in [0.4, 0.5) is 4.79 Å². The van der Waals surface area contributed by atoms with Crippen LogP contribution in [-0.2, 0) is 28.7 Å². The van der Waals surface area contributed by atoms with Gasteiger partial charge in [0.25, 0.3) is 0 Å². The summed E-state index contributed by atoms with van der Waals surface area (Å²) in [4.78, 5) is 59.0. The van der Waals surface area contributed by atoms with Gasteiger partial charge >= 0.3 is 6.09 Å². The van der Waals surface area contributed by atoms with Crippen LogP contribution in [0.2, 0.25) is 0 Å². The van der Waals surface area contributed by atoms with Crippen molar-refractivity contribution in [2.45, 2.75) is 145 Å². The Morgan fingerprint density at radius 3 is 1.75 bits per heavy atom. The molecule has 0 spiro atoms. The first-order chi connectivity index (χ1) is 24.1. The molecule has 5 unspecified atom stereocenters. The fraction of sp³-hybridized carbons (Fsp3) is 0.816. The molecule has 1 aliphatic rings. The lowest BCUT2D eigenvalue weighted by molar-refractivity contribution is -0.134. The highest BCUT2D eigenvalue weighted by Crippen LogP contribution is 2.26. The molecule has 5 amide bonds. The third kappa shape index (κ3) is 31.3. The first-order valence-electron chi connectivity index (χ1n) is 18.5. The van der Waals surface area contributed by atoms with Crippen LogP contribution in [0.15, 0.2) is 13.2 Å². The molecular weight excluding hydrogens is 654 g/mol. The van der Waals surface area contributed by atoms with Crippen LogP contribution in [0.25, 0.3) is 0 Å². The molecule has 0 saturated carbocycles. The van der Waals surface area contributed by atoms with E-state index in [0.29, 0.717) is 18.5 Å². The number of hydrogen-bond donors (Lipinski definition) is 3. The highest BCUT2D eigenvalue weighted by Gasteiger charge is 2.33. The first kappa shape index (κ1) is 59.9. The largest absolute Gasteiger partial charge is 0.465 e. The van der Waals surface area contributed by atoms with Crippen molar-refractivity contribution in [2.75, 3.05) is 47.9 Å². The summed E-state index contributed by atoms with van der Waals surface area (Å²) in [5, 5.41) is 11.5. The number of nitrogens with zero attached hydrogens (tertiary/aromatic N) is 3. The number of amides is 5. The minimum Gasteiger partial charge on any atom is -0.465 e. The number of ether oxygens (including phenoxy) is 2. The number of nitrogens with one attached hydrogen (secondary N) is 1. The van der Waals surface area contributed by atoms with Crippen LogP contribution in [0.5, 0.6) is 0 Å². The van der Waals surface area contributed by atoms with E-state index in [1.54, 1.807) is 35.1 Å². The predicted molar refractivity (Wildman–Crippen MR) is 212 cm³/mol. The molecular formula is C38H81N5O8. The van der Waals surface area contributed by atoms with E-state index < -0.39 is 18.0 Å².